The second-order valence-electron chi connectivity index (χ2n) is 6.01. The predicted molar refractivity (Wildman–Crippen MR) is 88.1 cm³/mol. The Bertz CT molecular complexity index is 799. The minimum Gasteiger partial charge on any atom is -0.465 e. The number of aromatic nitrogens is 2. The highest BCUT2D eigenvalue weighted by Crippen LogP contribution is 2.34. The first-order valence-electron chi connectivity index (χ1n) is 8.39. The molecular weight excluding hydrogens is 347 g/mol. The predicted octanol–water partition coefficient (Wildman–Crippen LogP) is 3.34. The summed E-state index contributed by atoms with van der Waals surface area (Å²) >= 11 is 0. The van der Waals surface area contributed by atoms with Gasteiger partial charge in [-0.3, -0.25) is 4.79 Å². The molecule has 5 nitrogen and oxygen atoms in total. The van der Waals surface area contributed by atoms with Crippen molar-refractivity contribution in [3.8, 4) is 0 Å². The first-order valence-corrected chi connectivity index (χ1v) is 8.39. The van der Waals surface area contributed by atoms with Gasteiger partial charge < -0.3 is 9.73 Å². The van der Waals surface area contributed by atoms with Crippen LogP contribution in [0.25, 0.3) is 6.08 Å². The molecular formula is C18H18F3N3O2. The SMILES string of the molecule is O=C(C=Cc1ccco1)NCCc1nc2c(c(C(F)(F)F)n1)CCCC2. The molecule has 26 heavy (non-hydrogen) atoms. The van der Waals surface area contributed by atoms with E-state index in [-0.39, 0.29) is 30.3 Å². The zero-order valence-corrected chi connectivity index (χ0v) is 14.0. The maximum Gasteiger partial charge on any atom is 0.433 e. The van der Waals surface area contributed by atoms with Crippen molar-refractivity contribution in [2.75, 3.05) is 6.54 Å². The minimum atomic E-state index is -4.49. The number of carbonyl (C=O) groups excluding carboxylic acids is 1. The van der Waals surface area contributed by atoms with E-state index in [1.165, 1.54) is 18.4 Å². The number of alkyl halides is 3. The smallest absolute Gasteiger partial charge is 0.433 e. The van der Waals surface area contributed by atoms with Crippen molar-refractivity contribution in [1.82, 2.24) is 15.3 Å². The lowest BCUT2D eigenvalue weighted by Gasteiger charge is -2.20. The summed E-state index contributed by atoms with van der Waals surface area (Å²) in [4.78, 5) is 19.7. The third kappa shape index (κ3) is 4.50. The van der Waals surface area contributed by atoms with E-state index in [0.717, 1.165) is 12.8 Å². The normalized spacial score (nSPS) is 14.4. The molecule has 1 amide bonds. The second-order valence-corrected chi connectivity index (χ2v) is 6.01. The van der Waals surface area contributed by atoms with Gasteiger partial charge in [0.25, 0.3) is 0 Å². The lowest BCUT2D eigenvalue weighted by atomic mass is 9.94. The highest BCUT2D eigenvalue weighted by atomic mass is 19.4. The van der Waals surface area contributed by atoms with Crippen LogP contribution < -0.4 is 5.32 Å². The molecule has 2 aromatic rings. The van der Waals surface area contributed by atoms with E-state index in [1.807, 2.05) is 0 Å². The van der Waals surface area contributed by atoms with E-state index in [4.69, 9.17) is 4.42 Å². The van der Waals surface area contributed by atoms with Gasteiger partial charge in [0, 0.05) is 30.3 Å². The highest BCUT2D eigenvalue weighted by molar-refractivity contribution is 5.91. The maximum absolute atomic E-state index is 13.3. The molecule has 0 spiro atoms. The Kier molecular flexibility index (Phi) is 5.39. The Balaban J connectivity index is 1.63. The molecule has 0 aliphatic heterocycles. The Labute approximate surface area is 148 Å². The van der Waals surface area contributed by atoms with Gasteiger partial charge in [-0.05, 0) is 43.9 Å². The summed E-state index contributed by atoms with van der Waals surface area (Å²) in [5.41, 5.74) is -0.128. The van der Waals surface area contributed by atoms with Crippen molar-refractivity contribution in [2.45, 2.75) is 38.3 Å². The molecule has 2 heterocycles. The van der Waals surface area contributed by atoms with Gasteiger partial charge in [0.15, 0.2) is 5.69 Å². The molecule has 0 bridgehead atoms. The molecule has 138 valence electrons. The first kappa shape index (κ1) is 18.2. The van der Waals surface area contributed by atoms with Gasteiger partial charge in [0.1, 0.15) is 11.6 Å². The number of nitrogens with one attached hydrogen (secondary N) is 1. The van der Waals surface area contributed by atoms with E-state index in [1.54, 1.807) is 12.1 Å². The van der Waals surface area contributed by atoms with Crippen molar-refractivity contribution in [3.05, 3.63) is 53.0 Å². The number of rotatable bonds is 5. The van der Waals surface area contributed by atoms with Gasteiger partial charge in [-0.1, -0.05) is 0 Å². The van der Waals surface area contributed by atoms with Gasteiger partial charge in [0.2, 0.25) is 5.91 Å². The largest absolute Gasteiger partial charge is 0.465 e. The second kappa shape index (κ2) is 7.72. The molecule has 1 N–H and O–H groups in total. The zero-order valence-electron chi connectivity index (χ0n) is 14.0. The van der Waals surface area contributed by atoms with E-state index >= 15 is 0 Å². The summed E-state index contributed by atoms with van der Waals surface area (Å²) < 4.78 is 44.9. The van der Waals surface area contributed by atoms with Crippen molar-refractivity contribution in [3.63, 3.8) is 0 Å². The Hall–Kier alpha value is -2.64. The zero-order chi connectivity index (χ0) is 18.6. The van der Waals surface area contributed by atoms with Crippen LogP contribution in [0.4, 0.5) is 13.2 Å². The summed E-state index contributed by atoms with van der Waals surface area (Å²) in [5.74, 6) is 0.275. The molecule has 0 atom stereocenters. The number of amides is 1. The molecule has 0 unspecified atom stereocenters. The number of furan rings is 1. The standard InChI is InChI=1S/C18H18F3N3O2/c19-18(20,21)17-13-5-1-2-6-14(13)23-15(24-17)9-10-22-16(25)8-7-12-4-3-11-26-12/h3-4,7-8,11H,1-2,5-6,9-10H2,(H,22,25). The Morgan fingerprint density at radius 3 is 2.81 bits per heavy atom. The number of aryl methyl sites for hydroxylation is 1. The van der Waals surface area contributed by atoms with Crippen molar-refractivity contribution < 1.29 is 22.4 Å². The van der Waals surface area contributed by atoms with Gasteiger partial charge in [0.05, 0.1) is 6.26 Å². The molecule has 1 aliphatic carbocycles. The quantitative estimate of drug-likeness (QED) is 0.826. The Morgan fingerprint density at radius 2 is 2.08 bits per heavy atom. The lowest BCUT2D eigenvalue weighted by molar-refractivity contribution is -0.142. The van der Waals surface area contributed by atoms with Crippen LogP contribution in [0.2, 0.25) is 0 Å². The fraction of sp³-hybridized carbons (Fsp3) is 0.389. The summed E-state index contributed by atoms with van der Waals surface area (Å²) in [6, 6.07) is 3.40. The summed E-state index contributed by atoms with van der Waals surface area (Å²) in [6.07, 6.45) is 2.38. The van der Waals surface area contributed by atoms with Crippen LogP contribution in [-0.2, 0) is 30.2 Å². The molecule has 3 rings (SSSR count). The molecule has 8 heteroatoms. The highest BCUT2D eigenvalue weighted by Gasteiger charge is 2.37. The van der Waals surface area contributed by atoms with E-state index in [9.17, 15) is 18.0 Å². The number of carbonyl (C=O) groups is 1. The first-order chi connectivity index (χ1) is 12.4. The van der Waals surface area contributed by atoms with E-state index in [2.05, 4.69) is 15.3 Å². The monoisotopic (exact) mass is 365 g/mol. The summed E-state index contributed by atoms with van der Waals surface area (Å²) in [6.45, 7) is 0.150. The number of fused-ring (bicyclic) bond motifs is 1. The van der Waals surface area contributed by atoms with Crippen LogP contribution in [-0.4, -0.2) is 22.4 Å². The van der Waals surface area contributed by atoms with Crippen LogP contribution in [0, 0.1) is 0 Å². The average Bonchev–Trinajstić information content (AvgIpc) is 3.12. The number of hydrogen-bond acceptors (Lipinski definition) is 4. The van der Waals surface area contributed by atoms with Gasteiger partial charge in [-0.15, -0.1) is 0 Å². The number of halogens is 3. The third-order valence-corrected chi connectivity index (χ3v) is 4.09. The molecule has 0 aromatic carbocycles. The van der Waals surface area contributed by atoms with E-state index < -0.39 is 11.9 Å². The third-order valence-electron chi connectivity index (χ3n) is 4.09. The molecule has 0 radical (unpaired) electrons. The number of nitrogens with zero attached hydrogens (tertiary/aromatic N) is 2. The molecule has 0 saturated carbocycles. The van der Waals surface area contributed by atoms with Crippen molar-refractivity contribution in [2.24, 2.45) is 0 Å². The van der Waals surface area contributed by atoms with Gasteiger partial charge >= 0.3 is 6.18 Å². The summed E-state index contributed by atoms with van der Waals surface area (Å²) in [7, 11) is 0. The fourth-order valence-corrected chi connectivity index (χ4v) is 2.89. The molecule has 0 fully saturated rings. The number of hydrogen-bond donors (Lipinski definition) is 1. The molecule has 1 aliphatic rings. The maximum atomic E-state index is 13.3. The van der Waals surface area contributed by atoms with Crippen molar-refractivity contribution in [1.29, 1.82) is 0 Å². The Morgan fingerprint density at radius 1 is 1.27 bits per heavy atom. The van der Waals surface area contributed by atoms with Crippen LogP contribution in [0.15, 0.2) is 28.9 Å². The van der Waals surface area contributed by atoms with Gasteiger partial charge in [-0.2, -0.15) is 13.2 Å². The average molecular weight is 365 g/mol. The fourth-order valence-electron chi connectivity index (χ4n) is 2.89. The van der Waals surface area contributed by atoms with Crippen molar-refractivity contribution >= 4 is 12.0 Å². The summed E-state index contributed by atoms with van der Waals surface area (Å²) in [5, 5.41) is 2.60. The minimum absolute atomic E-state index is 0.105. The molecule has 0 saturated heterocycles. The van der Waals surface area contributed by atoms with Crippen LogP contribution >= 0.6 is 0 Å². The van der Waals surface area contributed by atoms with Gasteiger partial charge in [-0.25, -0.2) is 9.97 Å². The van der Waals surface area contributed by atoms with E-state index in [0.29, 0.717) is 24.3 Å². The van der Waals surface area contributed by atoms with Crippen LogP contribution in [0.3, 0.4) is 0 Å². The lowest BCUT2D eigenvalue weighted by Crippen LogP contribution is -2.26. The van der Waals surface area contributed by atoms with Crippen LogP contribution in [0.1, 0.15) is 41.4 Å². The molecule has 2 aromatic heterocycles. The topological polar surface area (TPSA) is 68.0 Å². The van der Waals surface area contributed by atoms with Crippen LogP contribution in [0.5, 0.6) is 0 Å².